The molecule has 1 aromatic heterocycles. The summed E-state index contributed by atoms with van der Waals surface area (Å²) in [7, 11) is 0. The molecular weight excluding hydrogens is 393 g/mol. The lowest BCUT2D eigenvalue weighted by molar-refractivity contribution is -0.150. The van der Waals surface area contributed by atoms with E-state index in [2.05, 4.69) is 5.32 Å². The van der Waals surface area contributed by atoms with Crippen molar-refractivity contribution >= 4 is 22.8 Å². The zero-order valence-electron chi connectivity index (χ0n) is 16.3. The van der Waals surface area contributed by atoms with Crippen molar-refractivity contribution in [3.8, 4) is 5.75 Å². The molecule has 30 heavy (non-hydrogen) atoms. The molecule has 0 unspecified atom stereocenters. The molecule has 0 aliphatic heterocycles. The zero-order valence-corrected chi connectivity index (χ0v) is 16.3. The molecule has 0 saturated heterocycles. The summed E-state index contributed by atoms with van der Waals surface area (Å²) in [6.07, 6.45) is 0.528. The highest BCUT2D eigenvalue weighted by molar-refractivity contribution is 5.82. The van der Waals surface area contributed by atoms with Crippen LogP contribution in [0.15, 0.2) is 57.7 Å². The van der Waals surface area contributed by atoms with Gasteiger partial charge in [-0.1, -0.05) is 12.1 Å². The van der Waals surface area contributed by atoms with E-state index in [0.717, 1.165) is 16.5 Å². The first-order valence-corrected chi connectivity index (χ1v) is 9.25. The Bertz CT molecular complexity index is 1110. The summed E-state index contributed by atoms with van der Waals surface area (Å²) in [6, 6.07) is 12.3. The molecule has 0 atom stereocenters. The minimum atomic E-state index is -0.713. The van der Waals surface area contributed by atoms with Gasteiger partial charge in [0.05, 0.1) is 0 Å². The Labute approximate surface area is 171 Å². The highest BCUT2D eigenvalue weighted by Crippen LogP contribution is 2.22. The van der Waals surface area contributed by atoms with Crippen LogP contribution in [0, 0.1) is 12.7 Å². The molecule has 0 spiro atoms. The zero-order chi connectivity index (χ0) is 21.5. The molecule has 0 aliphatic rings. The summed E-state index contributed by atoms with van der Waals surface area (Å²) in [6.45, 7) is 1.30. The number of halogens is 1. The molecule has 0 saturated carbocycles. The van der Waals surface area contributed by atoms with Crippen molar-refractivity contribution in [2.45, 2.75) is 13.3 Å². The fourth-order valence-electron chi connectivity index (χ4n) is 2.77. The van der Waals surface area contributed by atoms with Crippen LogP contribution in [-0.2, 0) is 20.7 Å². The van der Waals surface area contributed by atoms with E-state index in [-0.39, 0.29) is 5.82 Å². The Kier molecular flexibility index (Phi) is 6.79. The van der Waals surface area contributed by atoms with Crippen LogP contribution in [0.1, 0.15) is 11.1 Å². The van der Waals surface area contributed by atoms with Crippen molar-refractivity contribution in [3.05, 3.63) is 75.9 Å². The van der Waals surface area contributed by atoms with Gasteiger partial charge in [0.25, 0.3) is 5.91 Å². The van der Waals surface area contributed by atoms with Crippen molar-refractivity contribution in [3.63, 3.8) is 0 Å². The number of amides is 1. The largest absolute Gasteiger partial charge is 0.482 e. The van der Waals surface area contributed by atoms with E-state index in [9.17, 15) is 18.8 Å². The molecule has 0 bridgehead atoms. The topological polar surface area (TPSA) is 94.8 Å². The molecule has 3 aromatic rings. The van der Waals surface area contributed by atoms with E-state index in [0.29, 0.717) is 24.3 Å². The number of benzene rings is 2. The summed E-state index contributed by atoms with van der Waals surface area (Å²) >= 11 is 0. The minimum Gasteiger partial charge on any atom is -0.482 e. The molecule has 1 heterocycles. The van der Waals surface area contributed by atoms with Gasteiger partial charge in [0, 0.05) is 24.1 Å². The maximum Gasteiger partial charge on any atom is 0.344 e. The van der Waals surface area contributed by atoms with Crippen LogP contribution < -0.4 is 15.7 Å². The van der Waals surface area contributed by atoms with E-state index in [1.807, 2.05) is 0 Å². The SMILES string of the molecule is Cc1cc(=O)oc2cc(OCC(=O)OCC(=O)NCCc3ccc(F)cc3)ccc12. The van der Waals surface area contributed by atoms with Crippen LogP contribution in [0.2, 0.25) is 0 Å². The van der Waals surface area contributed by atoms with E-state index in [1.165, 1.54) is 24.3 Å². The van der Waals surface area contributed by atoms with Crippen LogP contribution >= 0.6 is 0 Å². The molecule has 0 fully saturated rings. The average molecular weight is 413 g/mol. The number of fused-ring (bicyclic) bond motifs is 1. The molecule has 7 nitrogen and oxygen atoms in total. The van der Waals surface area contributed by atoms with Crippen LogP contribution in [0.3, 0.4) is 0 Å². The molecule has 2 aromatic carbocycles. The number of esters is 1. The Morgan fingerprint density at radius 2 is 1.83 bits per heavy atom. The number of nitrogens with one attached hydrogen (secondary N) is 1. The highest BCUT2D eigenvalue weighted by atomic mass is 19.1. The predicted molar refractivity (Wildman–Crippen MR) is 107 cm³/mol. The Balaban J connectivity index is 1.40. The second-order valence-electron chi connectivity index (χ2n) is 6.58. The van der Waals surface area contributed by atoms with Crippen molar-refractivity contribution in [1.29, 1.82) is 0 Å². The monoisotopic (exact) mass is 413 g/mol. The lowest BCUT2D eigenvalue weighted by atomic mass is 10.1. The minimum absolute atomic E-state index is 0.319. The van der Waals surface area contributed by atoms with E-state index >= 15 is 0 Å². The summed E-state index contributed by atoms with van der Waals surface area (Å²) in [5.41, 5.74) is 1.54. The van der Waals surface area contributed by atoms with Gasteiger partial charge in [-0.25, -0.2) is 14.0 Å². The lowest BCUT2D eigenvalue weighted by Gasteiger charge is -2.09. The maximum atomic E-state index is 12.8. The van der Waals surface area contributed by atoms with Crippen molar-refractivity contribution in [1.82, 2.24) is 5.32 Å². The quantitative estimate of drug-likeness (QED) is 0.451. The average Bonchev–Trinajstić information content (AvgIpc) is 2.71. The van der Waals surface area contributed by atoms with Gasteiger partial charge in [0.1, 0.15) is 17.1 Å². The Morgan fingerprint density at radius 3 is 2.60 bits per heavy atom. The predicted octanol–water partition coefficient (Wildman–Crippen LogP) is 2.52. The molecule has 156 valence electrons. The van der Waals surface area contributed by atoms with E-state index < -0.39 is 30.7 Å². The van der Waals surface area contributed by atoms with E-state index in [4.69, 9.17) is 13.9 Å². The molecular formula is C22H20FNO6. The molecule has 1 amide bonds. The highest BCUT2D eigenvalue weighted by Gasteiger charge is 2.10. The van der Waals surface area contributed by atoms with Gasteiger partial charge in [-0.15, -0.1) is 0 Å². The second kappa shape index (κ2) is 9.69. The van der Waals surface area contributed by atoms with Crippen molar-refractivity contribution in [2.24, 2.45) is 0 Å². The number of carbonyl (C=O) groups is 2. The number of rotatable bonds is 8. The third-order valence-corrected chi connectivity index (χ3v) is 4.29. The number of carbonyl (C=O) groups excluding carboxylic acids is 2. The smallest absolute Gasteiger partial charge is 0.344 e. The molecule has 0 radical (unpaired) electrons. The summed E-state index contributed by atoms with van der Waals surface area (Å²) < 4.78 is 28.2. The van der Waals surface area contributed by atoms with Gasteiger partial charge in [-0.05, 0) is 48.7 Å². The first kappa shape index (κ1) is 21.0. The first-order valence-electron chi connectivity index (χ1n) is 9.25. The summed E-state index contributed by atoms with van der Waals surface area (Å²) in [5, 5.41) is 3.38. The van der Waals surface area contributed by atoms with Crippen LogP contribution in [0.5, 0.6) is 5.75 Å². The molecule has 3 rings (SSSR count). The molecule has 1 N–H and O–H groups in total. The first-order chi connectivity index (χ1) is 14.4. The van der Waals surface area contributed by atoms with E-state index in [1.54, 1.807) is 31.2 Å². The lowest BCUT2D eigenvalue weighted by Crippen LogP contribution is -2.31. The number of ether oxygens (including phenoxy) is 2. The van der Waals surface area contributed by atoms with Crippen LogP contribution in [0.4, 0.5) is 4.39 Å². The van der Waals surface area contributed by atoms with Crippen molar-refractivity contribution < 1.29 is 27.9 Å². The number of aryl methyl sites for hydroxylation is 1. The normalized spacial score (nSPS) is 10.6. The van der Waals surface area contributed by atoms with Gasteiger partial charge >= 0.3 is 11.6 Å². The van der Waals surface area contributed by atoms with Crippen LogP contribution in [0.25, 0.3) is 11.0 Å². The standard InChI is InChI=1S/C22H20FNO6/c1-14-10-21(26)30-19-11-17(6-7-18(14)19)28-13-22(27)29-12-20(25)24-9-8-15-2-4-16(23)5-3-15/h2-7,10-11H,8-9,12-13H2,1H3,(H,24,25). The van der Waals surface area contributed by atoms with Gasteiger partial charge in [0.2, 0.25) is 0 Å². The third-order valence-electron chi connectivity index (χ3n) is 4.29. The molecule has 0 aliphatic carbocycles. The van der Waals surface area contributed by atoms with Gasteiger partial charge in [-0.3, -0.25) is 4.79 Å². The number of hydrogen-bond donors (Lipinski definition) is 1. The van der Waals surface area contributed by atoms with Gasteiger partial charge in [-0.2, -0.15) is 0 Å². The fourth-order valence-corrected chi connectivity index (χ4v) is 2.77. The fraction of sp³-hybridized carbons (Fsp3) is 0.227. The Hall–Kier alpha value is -3.68. The molecule has 8 heteroatoms. The Morgan fingerprint density at radius 1 is 1.07 bits per heavy atom. The third kappa shape index (κ3) is 5.91. The maximum absolute atomic E-state index is 12.8. The second-order valence-corrected chi connectivity index (χ2v) is 6.58. The van der Waals surface area contributed by atoms with Crippen molar-refractivity contribution in [2.75, 3.05) is 19.8 Å². The number of hydrogen-bond acceptors (Lipinski definition) is 6. The summed E-state index contributed by atoms with van der Waals surface area (Å²) in [4.78, 5) is 35.0. The summed E-state index contributed by atoms with van der Waals surface area (Å²) in [5.74, 6) is -1.15. The van der Waals surface area contributed by atoms with Crippen LogP contribution in [-0.4, -0.2) is 31.6 Å². The van der Waals surface area contributed by atoms with Gasteiger partial charge in [0.15, 0.2) is 13.2 Å². The van der Waals surface area contributed by atoms with Gasteiger partial charge < -0.3 is 19.2 Å².